The normalized spacial score (nSPS) is 20.9. The van der Waals surface area contributed by atoms with E-state index in [4.69, 9.17) is 4.52 Å². The van der Waals surface area contributed by atoms with E-state index in [0.717, 1.165) is 11.3 Å². The van der Waals surface area contributed by atoms with Crippen molar-refractivity contribution in [2.45, 2.75) is 30.0 Å². The number of piperazine rings is 1. The second-order valence-corrected chi connectivity index (χ2v) is 10.2. The van der Waals surface area contributed by atoms with Crippen LogP contribution in [0.1, 0.15) is 29.1 Å². The number of sulfonamides is 1. The number of carbonyl (C=O) groups excluding carboxylic acids is 2. The molecule has 156 valence electrons. The third-order valence-electron chi connectivity index (χ3n) is 5.26. The molecule has 4 rings (SSSR count). The highest BCUT2D eigenvalue weighted by molar-refractivity contribution is 7.91. The Morgan fingerprint density at radius 1 is 1.17 bits per heavy atom. The van der Waals surface area contributed by atoms with Gasteiger partial charge in [-0.25, -0.2) is 8.42 Å². The standard InChI is InChI=1S/C18H22N4O5S2/c1-13-12-15(27-19-13)18(24)21-9-7-20(8-10-21)17(23)14-4-2-6-22(14)29(25,26)16-5-3-11-28-16/h3,5,11-12,14H,2,4,6-10H2,1H3. The molecule has 11 heteroatoms. The van der Waals surface area contributed by atoms with Crippen molar-refractivity contribution < 1.29 is 22.5 Å². The van der Waals surface area contributed by atoms with Crippen LogP contribution in [0.25, 0.3) is 0 Å². The Balaban J connectivity index is 1.41. The highest BCUT2D eigenvalue weighted by atomic mass is 32.2. The van der Waals surface area contributed by atoms with Gasteiger partial charge in [0.25, 0.3) is 15.9 Å². The number of nitrogens with zero attached hydrogens (tertiary/aromatic N) is 4. The largest absolute Gasteiger partial charge is 0.351 e. The lowest BCUT2D eigenvalue weighted by Gasteiger charge is -2.36. The molecule has 9 nitrogen and oxygen atoms in total. The number of aromatic nitrogens is 1. The van der Waals surface area contributed by atoms with Crippen molar-refractivity contribution in [2.24, 2.45) is 0 Å². The van der Waals surface area contributed by atoms with Gasteiger partial charge in [0.15, 0.2) is 0 Å². The third kappa shape index (κ3) is 3.81. The summed E-state index contributed by atoms with van der Waals surface area (Å²) >= 11 is 1.16. The van der Waals surface area contributed by atoms with Crippen LogP contribution in [-0.4, -0.2) is 78.3 Å². The second kappa shape index (κ2) is 7.88. The van der Waals surface area contributed by atoms with Gasteiger partial charge >= 0.3 is 0 Å². The molecule has 0 bridgehead atoms. The molecule has 2 aromatic rings. The highest BCUT2D eigenvalue weighted by Crippen LogP contribution is 2.29. The van der Waals surface area contributed by atoms with Crippen LogP contribution in [0.15, 0.2) is 32.3 Å². The topological polar surface area (TPSA) is 104 Å². The summed E-state index contributed by atoms with van der Waals surface area (Å²) in [6, 6.07) is 4.17. The Labute approximate surface area is 172 Å². The van der Waals surface area contributed by atoms with Crippen molar-refractivity contribution in [3.05, 3.63) is 35.0 Å². The fraction of sp³-hybridized carbons (Fsp3) is 0.500. The molecule has 2 aromatic heterocycles. The van der Waals surface area contributed by atoms with Gasteiger partial charge in [-0.3, -0.25) is 9.59 Å². The zero-order valence-electron chi connectivity index (χ0n) is 16.0. The predicted molar refractivity (Wildman–Crippen MR) is 105 cm³/mol. The molecule has 1 atom stereocenters. The molecule has 2 amide bonds. The molecule has 2 saturated heterocycles. The minimum absolute atomic E-state index is 0.186. The Morgan fingerprint density at radius 3 is 2.52 bits per heavy atom. The van der Waals surface area contributed by atoms with E-state index in [1.54, 1.807) is 40.3 Å². The van der Waals surface area contributed by atoms with Crippen molar-refractivity contribution in [3.8, 4) is 0 Å². The van der Waals surface area contributed by atoms with Crippen LogP contribution in [-0.2, 0) is 14.8 Å². The highest BCUT2D eigenvalue weighted by Gasteiger charge is 2.42. The molecule has 0 aliphatic carbocycles. The zero-order valence-corrected chi connectivity index (χ0v) is 17.6. The molecule has 1 unspecified atom stereocenters. The summed E-state index contributed by atoms with van der Waals surface area (Å²) in [5.74, 6) is -0.253. The van der Waals surface area contributed by atoms with E-state index < -0.39 is 16.1 Å². The molecule has 4 heterocycles. The number of rotatable bonds is 4. The van der Waals surface area contributed by atoms with Gasteiger partial charge < -0.3 is 14.3 Å². The SMILES string of the molecule is Cc1cc(C(=O)N2CCN(C(=O)C3CCCN3S(=O)(=O)c3cccs3)CC2)on1. The van der Waals surface area contributed by atoms with E-state index in [1.807, 2.05) is 0 Å². The van der Waals surface area contributed by atoms with Gasteiger partial charge in [-0.05, 0) is 31.2 Å². The molecule has 2 aliphatic rings. The van der Waals surface area contributed by atoms with Crippen LogP contribution in [0, 0.1) is 6.92 Å². The molecule has 29 heavy (non-hydrogen) atoms. The zero-order chi connectivity index (χ0) is 20.6. The fourth-order valence-electron chi connectivity index (χ4n) is 3.76. The number of aryl methyl sites for hydroxylation is 1. The third-order valence-corrected chi connectivity index (χ3v) is 8.55. The second-order valence-electron chi connectivity index (χ2n) is 7.16. The van der Waals surface area contributed by atoms with Crippen LogP contribution in [0.5, 0.6) is 0 Å². The lowest BCUT2D eigenvalue weighted by molar-refractivity contribution is -0.136. The summed E-state index contributed by atoms with van der Waals surface area (Å²) in [5.41, 5.74) is 0.635. The molecule has 0 saturated carbocycles. The van der Waals surface area contributed by atoms with Gasteiger partial charge in [-0.15, -0.1) is 11.3 Å². The van der Waals surface area contributed by atoms with E-state index in [-0.39, 0.29) is 21.8 Å². The van der Waals surface area contributed by atoms with Crippen LogP contribution < -0.4 is 0 Å². The Kier molecular flexibility index (Phi) is 5.45. The average Bonchev–Trinajstić information content (AvgIpc) is 3.48. The number of carbonyl (C=O) groups is 2. The summed E-state index contributed by atoms with van der Waals surface area (Å²) < 4.78 is 32.4. The monoisotopic (exact) mass is 438 g/mol. The maximum absolute atomic E-state index is 13.1. The van der Waals surface area contributed by atoms with Gasteiger partial charge in [0, 0.05) is 38.8 Å². The van der Waals surface area contributed by atoms with Crippen molar-refractivity contribution in [2.75, 3.05) is 32.7 Å². The summed E-state index contributed by atoms with van der Waals surface area (Å²) in [6.45, 7) is 3.56. The van der Waals surface area contributed by atoms with Crippen LogP contribution in [0.2, 0.25) is 0 Å². The van der Waals surface area contributed by atoms with E-state index >= 15 is 0 Å². The lowest BCUT2D eigenvalue weighted by atomic mass is 10.2. The molecule has 0 radical (unpaired) electrons. The summed E-state index contributed by atoms with van der Waals surface area (Å²) in [4.78, 5) is 28.8. The van der Waals surface area contributed by atoms with Crippen molar-refractivity contribution in [3.63, 3.8) is 0 Å². The molecule has 2 fully saturated rings. The van der Waals surface area contributed by atoms with Crippen molar-refractivity contribution in [1.82, 2.24) is 19.3 Å². The predicted octanol–water partition coefficient (Wildman–Crippen LogP) is 1.18. The van der Waals surface area contributed by atoms with Gasteiger partial charge in [-0.2, -0.15) is 4.31 Å². The van der Waals surface area contributed by atoms with Crippen molar-refractivity contribution in [1.29, 1.82) is 0 Å². The fourth-order valence-corrected chi connectivity index (χ4v) is 6.53. The smallest absolute Gasteiger partial charge is 0.292 e. The Bertz CT molecular complexity index is 993. The lowest BCUT2D eigenvalue weighted by Crippen LogP contribution is -2.55. The van der Waals surface area contributed by atoms with Crippen LogP contribution >= 0.6 is 11.3 Å². The van der Waals surface area contributed by atoms with Gasteiger partial charge in [-0.1, -0.05) is 11.2 Å². The van der Waals surface area contributed by atoms with Gasteiger partial charge in [0.05, 0.1) is 5.69 Å². The molecule has 0 spiro atoms. The molecule has 2 aliphatic heterocycles. The van der Waals surface area contributed by atoms with Crippen molar-refractivity contribution >= 4 is 33.2 Å². The van der Waals surface area contributed by atoms with E-state index in [2.05, 4.69) is 5.16 Å². The van der Waals surface area contributed by atoms with Gasteiger partial charge in [0.1, 0.15) is 10.3 Å². The van der Waals surface area contributed by atoms with E-state index in [9.17, 15) is 18.0 Å². The molecular weight excluding hydrogens is 416 g/mol. The molecule has 0 aromatic carbocycles. The van der Waals surface area contributed by atoms with Crippen LogP contribution in [0.4, 0.5) is 0 Å². The summed E-state index contributed by atoms with van der Waals surface area (Å²) in [5, 5.41) is 5.45. The van der Waals surface area contributed by atoms with Gasteiger partial charge in [0.2, 0.25) is 11.7 Å². The van der Waals surface area contributed by atoms with E-state index in [0.29, 0.717) is 51.3 Å². The average molecular weight is 439 g/mol. The Morgan fingerprint density at radius 2 is 1.90 bits per heavy atom. The summed E-state index contributed by atoms with van der Waals surface area (Å²) in [6.07, 6.45) is 1.17. The number of hydrogen-bond acceptors (Lipinski definition) is 7. The Hall–Kier alpha value is -2.24. The molecular formula is C18H22N4O5S2. The number of thiophene rings is 1. The maximum atomic E-state index is 13.1. The minimum atomic E-state index is -3.67. The number of hydrogen-bond donors (Lipinski definition) is 0. The maximum Gasteiger partial charge on any atom is 0.292 e. The van der Waals surface area contributed by atoms with Crippen LogP contribution in [0.3, 0.4) is 0 Å². The summed E-state index contributed by atoms with van der Waals surface area (Å²) in [7, 11) is -3.67. The quantitative estimate of drug-likeness (QED) is 0.710. The first-order valence-corrected chi connectivity index (χ1v) is 11.8. The first kappa shape index (κ1) is 20.0. The number of amides is 2. The first-order valence-electron chi connectivity index (χ1n) is 9.44. The minimum Gasteiger partial charge on any atom is -0.351 e. The van der Waals surface area contributed by atoms with E-state index in [1.165, 1.54) is 4.31 Å². The molecule has 0 N–H and O–H groups in total. The first-order chi connectivity index (χ1) is 13.9.